The van der Waals surface area contributed by atoms with E-state index in [0.29, 0.717) is 12.3 Å². The van der Waals surface area contributed by atoms with E-state index in [1.54, 1.807) is 19.2 Å². The van der Waals surface area contributed by atoms with E-state index in [2.05, 4.69) is 34.6 Å². The van der Waals surface area contributed by atoms with Crippen LogP contribution in [0, 0.1) is 0 Å². The van der Waals surface area contributed by atoms with Gasteiger partial charge in [0.25, 0.3) is 0 Å². The van der Waals surface area contributed by atoms with Crippen LogP contribution in [0.5, 0.6) is 11.5 Å². The van der Waals surface area contributed by atoms with Crippen molar-refractivity contribution in [3.63, 3.8) is 0 Å². The summed E-state index contributed by atoms with van der Waals surface area (Å²) in [6.07, 6.45) is 1.94. The van der Waals surface area contributed by atoms with Gasteiger partial charge < -0.3 is 25.2 Å². The Morgan fingerprint density at radius 3 is 2.42 bits per heavy atom. The average molecular weight is 569 g/mol. The summed E-state index contributed by atoms with van der Waals surface area (Å²) < 4.78 is 10.9. The molecule has 3 N–H and O–H groups in total. The van der Waals surface area contributed by atoms with Gasteiger partial charge in [-0.3, -0.25) is 9.89 Å². The lowest BCUT2D eigenvalue weighted by molar-refractivity contribution is 0.0179. The topological polar surface area (TPSA) is 78.4 Å². The number of phenolic OH excluding ortho intramolecular Hbond substituents is 1. The van der Waals surface area contributed by atoms with Crippen molar-refractivity contribution >= 4 is 29.9 Å². The van der Waals surface area contributed by atoms with Crippen molar-refractivity contribution in [2.24, 2.45) is 4.99 Å². The SMILES string of the molecule is CCNC(=NCC(c1ccc(OC)cc1)N1CCOCC1)NCCCc1ccc(O)cc1.I. The van der Waals surface area contributed by atoms with Gasteiger partial charge in [0, 0.05) is 26.2 Å². The molecule has 8 heteroatoms. The Bertz CT molecular complexity index is 825. The standard InChI is InChI=1S/C25H36N4O3.HI/c1-3-26-25(27-14-4-5-20-6-10-22(30)11-7-20)28-19-24(29-15-17-32-18-16-29)21-8-12-23(31-2)13-9-21;/h6-13,24,30H,3-5,14-19H2,1-2H3,(H2,26,27,28);1H. The highest BCUT2D eigenvalue weighted by atomic mass is 127. The second-order valence-electron chi connectivity index (χ2n) is 7.85. The molecular formula is C25H37IN4O3. The van der Waals surface area contributed by atoms with E-state index >= 15 is 0 Å². The second kappa shape index (κ2) is 15.0. The molecule has 1 saturated heterocycles. The number of ether oxygens (including phenoxy) is 2. The first kappa shape index (κ1) is 27.2. The maximum Gasteiger partial charge on any atom is 0.191 e. The largest absolute Gasteiger partial charge is 0.508 e. The van der Waals surface area contributed by atoms with Gasteiger partial charge in [-0.05, 0) is 55.2 Å². The van der Waals surface area contributed by atoms with Gasteiger partial charge >= 0.3 is 0 Å². The number of benzene rings is 2. The molecule has 0 bridgehead atoms. The van der Waals surface area contributed by atoms with E-state index in [1.807, 2.05) is 24.3 Å². The first-order valence-corrected chi connectivity index (χ1v) is 11.5. The van der Waals surface area contributed by atoms with Crippen molar-refractivity contribution in [3.8, 4) is 11.5 Å². The highest BCUT2D eigenvalue weighted by Crippen LogP contribution is 2.24. The molecule has 2 aromatic rings. The van der Waals surface area contributed by atoms with Gasteiger partial charge in [0.15, 0.2) is 5.96 Å². The molecule has 182 valence electrons. The molecular weight excluding hydrogens is 531 g/mol. The summed E-state index contributed by atoms with van der Waals surface area (Å²) >= 11 is 0. The number of phenols is 1. The molecule has 0 aromatic heterocycles. The third kappa shape index (κ3) is 9.02. The van der Waals surface area contributed by atoms with Crippen LogP contribution < -0.4 is 15.4 Å². The Hall–Kier alpha value is -2.04. The summed E-state index contributed by atoms with van der Waals surface area (Å²) in [5, 5.41) is 16.2. The smallest absolute Gasteiger partial charge is 0.191 e. The maximum atomic E-state index is 9.41. The predicted octanol–water partition coefficient (Wildman–Crippen LogP) is 3.58. The molecule has 1 heterocycles. The van der Waals surface area contributed by atoms with Crippen molar-refractivity contribution in [1.82, 2.24) is 15.5 Å². The number of halogens is 1. The minimum absolute atomic E-state index is 0. The van der Waals surface area contributed by atoms with Crippen molar-refractivity contribution in [2.45, 2.75) is 25.8 Å². The molecule has 1 unspecified atom stereocenters. The zero-order valence-electron chi connectivity index (χ0n) is 19.6. The van der Waals surface area contributed by atoms with Crippen LogP contribution in [0.3, 0.4) is 0 Å². The summed E-state index contributed by atoms with van der Waals surface area (Å²) in [7, 11) is 1.69. The number of methoxy groups -OCH3 is 1. The van der Waals surface area contributed by atoms with E-state index < -0.39 is 0 Å². The van der Waals surface area contributed by atoms with Gasteiger partial charge in [-0.15, -0.1) is 24.0 Å². The Balaban J connectivity index is 0.00000385. The van der Waals surface area contributed by atoms with E-state index in [1.165, 1.54) is 11.1 Å². The van der Waals surface area contributed by atoms with Crippen LogP contribution in [-0.4, -0.2) is 69.0 Å². The molecule has 0 saturated carbocycles. The highest BCUT2D eigenvalue weighted by Gasteiger charge is 2.22. The van der Waals surface area contributed by atoms with Crippen LogP contribution in [0.4, 0.5) is 0 Å². The Morgan fingerprint density at radius 1 is 1.09 bits per heavy atom. The monoisotopic (exact) mass is 568 g/mol. The Labute approximate surface area is 214 Å². The fourth-order valence-electron chi connectivity index (χ4n) is 3.83. The molecule has 1 aliphatic rings. The second-order valence-corrected chi connectivity index (χ2v) is 7.85. The Morgan fingerprint density at radius 2 is 1.79 bits per heavy atom. The number of morpholine rings is 1. The average Bonchev–Trinajstić information content (AvgIpc) is 2.84. The van der Waals surface area contributed by atoms with Gasteiger partial charge in [-0.2, -0.15) is 0 Å². The molecule has 1 aliphatic heterocycles. The lowest BCUT2D eigenvalue weighted by Crippen LogP contribution is -2.42. The molecule has 3 rings (SSSR count). The van der Waals surface area contributed by atoms with E-state index in [-0.39, 0.29) is 30.0 Å². The van der Waals surface area contributed by atoms with E-state index in [0.717, 1.165) is 63.9 Å². The first-order valence-electron chi connectivity index (χ1n) is 11.5. The minimum Gasteiger partial charge on any atom is -0.508 e. The lowest BCUT2D eigenvalue weighted by Gasteiger charge is -2.34. The number of hydrogen-bond donors (Lipinski definition) is 3. The number of hydrogen-bond acceptors (Lipinski definition) is 5. The van der Waals surface area contributed by atoms with Crippen LogP contribution in [0.2, 0.25) is 0 Å². The number of aromatic hydroxyl groups is 1. The van der Waals surface area contributed by atoms with Gasteiger partial charge in [-0.1, -0.05) is 24.3 Å². The maximum absolute atomic E-state index is 9.41. The molecule has 33 heavy (non-hydrogen) atoms. The van der Waals surface area contributed by atoms with Crippen molar-refractivity contribution in [1.29, 1.82) is 0 Å². The quantitative estimate of drug-likeness (QED) is 0.176. The zero-order chi connectivity index (χ0) is 22.6. The third-order valence-electron chi connectivity index (χ3n) is 5.62. The van der Waals surface area contributed by atoms with E-state index in [4.69, 9.17) is 14.5 Å². The number of aryl methyl sites for hydroxylation is 1. The van der Waals surface area contributed by atoms with Gasteiger partial charge in [-0.25, -0.2) is 0 Å². The Kier molecular flexibility index (Phi) is 12.3. The fraction of sp³-hybridized carbons (Fsp3) is 0.480. The highest BCUT2D eigenvalue weighted by molar-refractivity contribution is 14.0. The molecule has 2 aromatic carbocycles. The lowest BCUT2D eigenvalue weighted by atomic mass is 10.0. The summed E-state index contributed by atoms with van der Waals surface area (Å²) in [6.45, 7) is 7.71. The van der Waals surface area contributed by atoms with Crippen LogP contribution >= 0.6 is 24.0 Å². The number of rotatable bonds is 10. The number of nitrogens with zero attached hydrogens (tertiary/aromatic N) is 2. The number of aliphatic imine (C=N–C) groups is 1. The third-order valence-corrected chi connectivity index (χ3v) is 5.62. The number of guanidine groups is 1. The minimum atomic E-state index is 0. The van der Waals surface area contributed by atoms with Gasteiger partial charge in [0.2, 0.25) is 0 Å². The first-order chi connectivity index (χ1) is 15.7. The molecule has 0 amide bonds. The molecule has 7 nitrogen and oxygen atoms in total. The van der Waals surface area contributed by atoms with Gasteiger partial charge in [0.1, 0.15) is 11.5 Å². The van der Waals surface area contributed by atoms with E-state index in [9.17, 15) is 5.11 Å². The predicted molar refractivity (Wildman–Crippen MR) is 144 cm³/mol. The summed E-state index contributed by atoms with van der Waals surface area (Å²) in [5.74, 6) is 2.01. The molecule has 1 fully saturated rings. The van der Waals surface area contributed by atoms with Crippen molar-refractivity contribution in [2.75, 3.05) is 53.0 Å². The molecule has 0 radical (unpaired) electrons. The van der Waals surface area contributed by atoms with Crippen LogP contribution in [0.25, 0.3) is 0 Å². The van der Waals surface area contributed by atoms with Crippen molar-refractivity contribution in [3.05, 3.63) is 59.7 Å². The summed E-state index contributed by atoms with van der Waals surface area (Å²) in [4.78, 5) is 7.36. The molecule has 0 spiro atoms. The van der Waals surface area contributed by atoms with Gasteiger partial charge in [0.05, 0.1) is 32.9 Å². The van der Waals surface area contributed by atoms with Crippen LogP contribution in [-0.2, 0) is 11.2 Å². The molecule has 1 atom stereocenters. The summed E-state index contributed by atoms with van der Waals surface area (Å²) in [6, 6.07) is 15.9. The fourth-order valence-corrected chi connectivity index (χ4v) is 3.83. The van der Waals surface area contributed by atoms with Crippen molar-refractivity contribution < 1.29 is 14.6 Å². The normalized spacial score (nSPS) is 15.4. The van der Waals surface area contributed by atoms with Crippen LogP contribution in [0.1, 0.15) is 30.5 Å². The zero-order valence-corrected chi connectivity index (χ0v) is 22.0. The summed E-state index contributed by atoms with van der Waals surface area (Å²) in [5.41, 5.74) is 2.46. The van der Waals surface area contributed by atoms with Crippen LogP contribution in [0.15, 0.2) is 53.5 Å². The number of nitrogens with one attached hydrogen (secondary N) is 2. The molecule has 0 aliphatic carbocycles.